The number of nitrogens with one attached hydrogen (secondary N) is 1. The van der Waals surface area contributed by atoms with Crippen molar-refractivity contribution in [2.45, 2.75) is 38.3 Å². The Bertz CT molecular complexity index is 778. The van der Waals surface area contributed by atoms with Crippen LogP contribution in [0.3, 0.4) is 0 Å². The summed E-state index contributed by atoms with van der Waals surface area (Å²) < 4.78 is 0. The number of nitrogens with zero attached hydrogens (tertiary/aromatic N) is 1. The second-order valence-electron chi connectivity index (χ2n) is 7.27. The van der Waals surface area contributed by atoms with Gasteiger partial charge in [0.2, 0.25) is 11.8 Å². The molecule has 1 fully saturated rings. The zero-order chi connectivity index (χ0) is 17.9. The summed E-state index contributed by atoms with van der Waals surface area (Å²) in [6.07, 6.45) is 2.11. The van der Waals surface area contributed by atoms with Gasteiger partial charge in [0.15, 0.2) is 0 Å². The first-order chi connectivity index (χ1) is 12.7. The van der Waals surface area contributed by atoms with Crippen LogP contribution < -0.4 is 5.32 Å². The van der Waals surface area contributed by atoms with E-state index in [9.17, 15) is 9.59 Å². The number of rotatable bonds is 6. The van der Waals surface area contributed by atoms with Gasteiger partial charge in [-0.2, -0.15) is 0 Å². The standard InChI is InChI=1S/C22H24N2O2/c25-21(24-14-17-9-4-5-10-18(17)15-24)11-6-12-23-22(26)20-13-19(20)16-7-2-1-3-8-16/h1-5,7-10,19-20H,6,11-15H2,(H,23,26)/t19-,20+/m1/s1. The molecular weight excluding hydrogens is 324 g/mol. The van der Waals surface area contributed by atoms with Crippen molar-refractivity contribution in [3.05, 3.63) is 71.3 Å². The zero-order valence-electron chi connectivity index (χ0n) is 14.9. The van der Waals surface area contributed by atoms with Crippen molar-refractivity contribution in [3.63, 3.8) is 0 Å². The summed E-state index contributed by atoms with van der Waals surface area (Å²) >= 11 is 0. The molecule has 0 saturated heterocycles. The highest BCUT2D eigenvalue weighted by Crippen LogP contribution is 2.47. The molecule has 2 amide bonds. The third-order valence-corrected chi connectivity index (χ3v) is 5.42. The molecule has 0 radical (unpaired) electrons. The van der Waals surface area contributed by atoms with Crippen molar-refractivity contribution < 1.29 is 9.59 Å². The van der Waals surface area contributed by atoms with Crippen molar-refractivity contribution in [1.82, 2.24) is 10.2 Å². The molecule has 4 rings (SSSR count). The average molecular weight is 348 g/mol. The minimum absolute atomic E-state index is 0.0983. The number of benzene rings is 2. The van der Waals surface area contributed by atoms with Crippen LogP contribution in [0.5, 0.6) is 0 Å². The highest BCUT2D eigenvalue weighted by Gasteiger charge is 2.43. The van der Waals surface area contributed by atoms with Crippen molar-refractivity contribution in [3.8, 4) is 0 Å². The van der Waals surface area contributed by atoms with Crippen molar-refractivity contribution in [1.29, 1.82) is 0 Å². The fraction of sp³-hybridized carbons (Fsp3) is 0.364. The summed E-state index contributed by atoms with van der Waals surface area (Å²) in [6, 6.07) is 18.4. The van der Waals surface area contributed by atoms with E-state index in [1.807, 2.05) is 35.2 Å². The molecule has 4 nitrogen and oxygen atoms in total. The van der Waals surface area contributed by atoms with Crippen LogP contribution in [-0.4, -0.2) is 23.3 Å². The van der Waals surface area contributed by atoms with Crippen molar-refractivity contribution >= 4 is 11.8 Å². The molecule has 134 valence electrons. The largest absolute Gasteiger partial charge is 0.356 e. The van der Waals surface area contributed by atoms with Crippen LogP contribution in [0.1, 0.15) is 41.9 Å². The molecule has 0 unspecified atom stereocenters. The molecule has 0 spiro atoms. The molecule has 0 bridgehead atoms. The normalized spacial score (nSPS) is 20.5. The first kappa shape index (κ1) is 16.8. The van der Waals surface area contributed by atoms with Crippen molar-refractivity contribution in [2.24, 2.45) is 5.92 Å². The number of hydrogen-bond donors (Lipinski definition) is 1. The molecule has 1 aliphatic heterocycles. The fourth-order valence-corrected chi connectivity index (χ4v) is 3.80. The topological polar surface area (TPSA) is 49.4 Å². The van der Waals surface area contributed by atoms with Crippen LogP contribution in [0, 0.1) is 5.92 Å². The van der Waals surface area contributed by atoms with Crippen LogP contribution in [-0.2, 0) is 22.7 Å². The smallest absolute Gasteiger partial charge is 0.223 e. The van der Waals surface area contributed by atoms with E-state index in [2.05, 4.69) is 29.6 Å². The van der Waals surface area contributed by atoms with E-state index in [-0.39, 0.29) is 17.7 Å². The Morgan fingerprint density at radius 1 is 0.962 bits per heavy atom. The maximum absolute atomic E-state index is 12.4. The van der Waals surface area contributed by atoms with Crippen LogP contribution in [0.15, 0.2) is 54.6 Å². The first-order valence-electron chi connectivity index (χ1n) is 9.39. The Balaban J connectivity index is 1.16. The predicted octanol–water partition coefficient (Wildman–Crippen LogP) is 3.23. The van der Waals surface area contributed by atoms with Gasteiger partial charge in [0.1, 0.15) is 0 Å². The minimum atomic E-state index is 0.0983. The van der Waals surface area contributed by atoms with E-state index in [0.29, 0.717) is 38.4 Å². The van der Waals surface area contributed by atoms with Crippen molar-refractivity contribution in [2.75, 3.05) is 6.54 Å². The van der Waals surface area contributed by atoms with Gasteiger partial charge in [0, 0.05) is 32.0 Å². The van der Waals surface area contributed by atoms with E-state index < -0.39 is 0 Å². The minimum Gasteiger partial charge on any atom is -0.356 e. The highest BCUT2D eigenvalue weighted by molar-refractivity contribution is 5.83. The Morgan fingerprint density at radius 2 is 1.62 bits per heavy atom. The lowest BCUT2D eigenvalue weighted by atomic mass is 10.1. The van der Waals surface area contributed by atoms with Gasteiger partial charge >= 0.3 is 0 Å². The van der Waals surface area contributed by atoms with E-state index in [4.69, 9.17) is 0 Å². The number of hydrogen-bond acceptors (Lipinski definition) is 2. The second-order valence-corrected chi connectivity index (χ2v) is 7.27. The molecule has 4 heteroatoms. The molecular formula is C22H24N2O2. The zero-order valence-corrected chi connectivity index (χ0v) is 14.9. The molecule has 1 heterocycles. The lowest BCUT2D eigenvalue weighted by Crippen LogP contribution is -2.29. The third kappa shape index (κ3) is 3.64. The van der Waals surface area contributed by atoms with Gasteiger partial charge in [-0.25, -0.2) is 0 Å². The third-order valence-electron chi connectivity index (χ3n) is 5.42. The Morgan fingerprint density at radius 3 is 2.31 bits per heavy atom. The Labute approximate surface area is 154 Å². The second kappa shape index (κ2) is 7.32. The van der Waals surface area contributed by atoms with Crippen LogP contribution >= 0.6 is 0 Å². The number of carbonyl (C=O) groups excluding carboxylic acids is 2. The highest BCUT2D eigenvalue weighted by atomic mass is 16.2. The first-order valence-corrected chi connectivity index (χ1v) is 9.39. The average Bonchev–Trinajstić information content (AvgIpc) is 3.36. The van der Waals surface area contributed by atoms with Gasteiger partial charge in [0.25, 0.3) is 0 Å². The lowest BCUT2D eigenvalue weighted by molar-refractivity contribution is -0.132. The maximum atomic E-state index is 12.4. The summed E-state index contributed by atoms with van der Waals surface area (Å²) in [5.74, 6) is 0.756. The number of amides is 2. The van der Waals surface area contributed by atoms with E-state index >= 15 is 0 Å². The summed E-state index contributed by atoms with van der Waals surface area (Å²) in [6.45, 7) is 1.99. The van der Waals surface area contributed by atoms with E-state index in [1.54, 1.807) is 0 Å². The Hall–Kier alpha value is -2.62. The summed E-state index contributed by atoms with van der Waals surface area (Å²) in [7, 11) is 0. The molecule has 2 aromatic rings. The summed E-state index contributed by atoms with van der Waals surface area (Å²) in [4.78, 5) is 26.5. The van der Waals surface area contributed by atoms with E-state index in [1.165, 1.54) is 16.7 Å². The molecule has 2 aliphatic rings. The van der Waals surface area contributed by atoms with E-state index in [0.717, 1.165) is 6.42 Å². The van der Waals surface area contributed by atoms with Gasteiger partial charge in [-0.1, -0.05) is 54.6 Å². The van der Waals surface area contributed by atoms with Crippen LogP contribution in [0.4, 0.5) is 0 Å². The van der Waals surface area contributed by atoms with Gasteiger partial charge in [-0.05, 0) is 35.4 Å². The lowest BCUT2D eigenvalue weighted by Gasteiger charge is -2.15. The number of fused-ring (bicyclic) bond motifs is 1. The predicted molar refractivity (Wildman–Crippen MR) is 100 cm³/mol. The maximum Gasteiger partial charge on any atom is 0.223 e. The molecule has 0 aromatic heterocycles. The summed E-state index contributed by atoms with van der Waals surface area (Å²) in [5, 5.41) is 3.00. The SMILES string of the molecule is O=C(NCCCC(=O)N1Cc2ccccc2C1)[C@H]1C[C@@H]1c1ccccc1. The quantitative estimate of drug-likeness (QED) is 0.815. The molecule has 1 N–H and O–H groups in total. The monoisotopic (exact) mass is 348 g/mol. The molecule has 2 aromatic carbocycles. The van der Waals surface area contributed by atoms with Crippen LogP contribution in [0.2, 0.25) is 0 Å². The summed E-state index contributed by atoms with van der Waals surface area (Å²) in [5.41, 5.74) is 3.74. The van der Waals surface area contributed by atoms with Gasteiger partial charge < -0.3 is 10.2 Å². The number of carbonyl (C=O) groups is 2. The van der Waals surface area contributed by atoms with Gasteiger partial charge in [-0.3, -0.25) is 9.59 Å². The molecule has 1 aliphatic carbocycles. The molecule has 2 atom stereocenters. The molecule has 1 saturated carbocycles. The fourth-order valence-electron chi connectivity index (χ4n) is 3.80. The van der Waals surface area contributed by atoms with Crippen LogP contribution in [0.25, 0.3) is 0 Å². The molecule has 26 heavy (non-hydrogen) atoms. The Kier molecular flexibility index (Phi) is 4.74. The van der Waals surface area contributed by atoms with Gasteiger partial charge in [-0.15, -0.1) is 0 Å². The van der Waals surface area contributed by atoms with Gasteiger partial charge in [0.05, 0.1) is 0 Å².